The zero-order chi connectivity index (χ0) is 17.6. The highest BCUT2D eigenvalue weighted by Crippen LogP contribution is 2.26. The number of nitrogens with zero attached hydrogens (tertiary/aromatic N) is 4. The van der Waals surface area contributed by atoms with Crippen LogP contribution in [0.25, 0.3) is 0 Å². The van der Waals surface area contributed by atoms with Crippen molar-refractivity contribution in [2.75, 3.05) is 13.1 Å². The number of hydrogen-bond acceptors (Lipinski definition) is 3. The van der Waals surface area contributed by atoms with Gasteiger partial charge >= 0.3 is 0 Å². The van der Waals surface area contributed by atoms with Crippen LogP contribution in [-0.4, -0.2) is 38.0 Å². The first-order chi connectivity index (χ1) is 12.2. The Bertz CT molecular complexity index is 765. The lowest BCUT2D eigenvalue weighted by Gasteiger charge is -2.33. The zero-order valence-electron chi connectivity index (χ0n) is 14.8. The third kappa shape index (κ3) is 4.18. The fourth-order valence-electron chi connectivity index (χ4n) is 3.45. The first-order valence-corrected chi connectivity index (χ1v) is 9.13. The Labute approximate surface area is 148 Å². The zero-order valence-corrected chi connectivity index (χ0v) is 14.8. The SMILES string of the molecule is CCCCn1ccnc1C1CCCN(C(=O)Cn2ccccc2=O)C1. The maximum atomic E-state index is 12.6. The minimum absolute atomic E-state index is 0.00432. The van der Waals surface area contributed by atoms with E-state index in [0.717, 1.165) is 44.6 Å². The highest BCUT2D eigenvalue weighted by atomic mass is 16.2. The average molecular weight is 342 g/mol. The largest absolute Gasteiger partial charge is 0.340 e. The Morgan fingerprint density at radius 2 is 2.16 bits per heavy atom. The Morgan fingerprint density at radius 3 is 2.96 bits per heavy atom. The third-order valence-corrected chi connectivity index (χ3v) is 4.84. The highest BCUT2D eigenvalue weighted by Gasteiger charge is 2.27. The van der Waals surface area contributed by atoms with Gasteiger partial charge in [-0.15, -0.1) is 0 Å². The lowest BCUT2D eigenvalue weighted by Crippen LogP contribution is -2.42. The van der Waals surface area contributed by atoms with Gasteiger partial charge < -0.3 is 14.0 Å². The van der Waals surface area contributed by atoms with E-state index in [2.05, 4.69) is 16.5 Å². The number of pyridine rings is 1. The Hall–Kier alpha value is -2.37. The second-order valence-electron chi connectivity index (χ2n) is 6.68. The summed E-state index contributed by atoms with van der Waals surface area (Å²) < 4.78 is 3.69. The van der Waals surface area contributed by atoms with Gasteiger partial charge in [-0.05, 0) is 25.3 Å². The lowest BCUT2D eigenvalue weighted by atomic mass is 9.97. The summed E-state index contributed by atoms with van der Waals surface area (Å²) in [5.41, 5.74) is -0.139. The maximum Gasteiger partial charge on any atom is 0.250 e. The molecule has 1 aliphatic rings. The molecule has 1 saturated heterocycles. The van der Waals surface area contributed by atoms with E-state index in [1.165, 1.54) is 10.6 Å². The molecule has 3 heterocycles. The van der Waals surface area contributed by atoms with Crippen LogP contribution in [0, 0.1) is 0 Å². The molecule has 6 nitrogen and oxygen atoms in total. The molecule has 1 amide bonds. The Kier molecular flexibility index (Phi) is 5.68. The van der Waals surface area contributed by atoms with Crippen LogP contribution in [0.3, 0.4) is 0 Å². The van der Waals surface area contributed by atoms with Crippen molar-refractivity contribution < 1.29 is 4.79 Å². The summed E-state index contributed by atoms with van der Waals surface area (Å²) >= 11 is 0. The predicted molar refractivity (Wildman–Crippen MR) is 96.4 cm³/mol. The third-order valence-electron chi connectivity index (χ3n) is 4.84. The Morgan fingerprint density at radius 1 is 1.28 bits per heavy atom. The van der Waals surface area contributed by atoms with Crippen LogP contribution in [-0.2, 0) is 17.9 Å². The molecule has 0 N–H and O–H groups in total. The van der Waals surface area contributed by atoms with E-state index in [9.17, 15) is 9.59 Å². The van der Waals surface area contributed by atoms with Gasteiger partial charge in [-0.1, -0.05) is 19.4 Å². The second kappa shape index (κ2) is 8.14. The molecular formula is C19H26N4O2. The van der Waals surface area contributed by atoms with Crippen LogP contribution >= 0.6 is 0 Å². The van der Waals surface area contributed by atoms with E-state index in [-0.39, 0.29) is 23.9 Å². The van der Waals surface area contributed by atoms with Crippen LogP contribution < -0.4 is 5.56 Å². The minimum atomic E-state index is -0.139. The number of hydrogen-bond donors (Lipinski definition) is 0. The molecule has 3 rings (SSSR count). The number of piperidine rings is 1. The van der Waals surface area contributed by atoms with Gasteiger partial charge in [0.1, 0.15) is 12.4 Å². The van der Waals surface area contributed by atoms with Crippen LogP contribution in [0.4, 0.5) is 0 Å². The molecule has 2 aromatic heterocycles. The van der Waals surface area contributed by atoms with Gasteiger partial charge in [0.25, 0.3) is 5.56 Å². The summed E-state index contributed by atoms with van der Waals surface area (Å²) in [5.74, 6) is 1.37. The van der Waals surface area contributed by atoms with Gasteiger partial charge in [0.2, 0.25) is 5.91 Å². The van der Waals surface area contributed by atoms with E-state index >= 15 is 0 Å². The second-order valence-corrected chi connectivity index (χ2v) is 6.68. The number of imidazole rings is 1. The van der Waals surface area contributed by atoms with Gasteiger partial charge in [-0.3, -0.25) is 9.59 Å². The number of unbranched alkanes of at least 4 members (excludes halogenated alkanes) is 1. The number of aryl methyl sites for hydroxylation is 1. The first kappa shape index (κ1) is 17.5. The lowest BCUT2D eigenvalue weighted by molar-refractivity contribution is -0.133. The van der Waals surface area contributed by atoms with Crippen molar-refractivity contribution in [1.82, 2.24) is 19.0 Å². The van der Waals surface area contributed by atoms with Crippen molar-refractivity contribution in [3.63, 3.8) is 0 Å². The van der Waals surface area contributed by atoms with Crippen molar-refractivity contribution in [3.05, 3.63) is 53.0 Å². The van der Waals surface area contributed by atoms with E-state index in [1.807, 2.05) is 17.3 Å². The summed E-state index contributed by atoms with van der Waals surface area (Å²) in [7, 11) is 0. The minimum Gasteiger partial charge on any atom is -0.340 e. The normalized spacial score (nSPS) is 17.6. The van der Waals surface area contributed by atoms with Crippen LogP contribution in [0.15, 0.2) is 41.6 Å². The molecule has 1 atom stereocenters. The van der Waals surface area contributed by atoms with E-state index in [4.69, 9.17) is 0 Å². The molecule has 0 aromatic carbocycles. The summed E-state index contributed by atoms with van der Waals surface area (Å²) in [6, 6.07) is 4.95. The summed E-state index contributed by atoms with van der Waals surface area (Å²) in [6.07, 6.45) is 9.87. The van der Waals surface area contributed by atoms with Gasteiger partial charge in [-0.25, -0.2) is 4.98 Å². The topological polar surface area (TPSA) is 60.1 Å². The summed E-state index contributed by atoms with van der Waals surface area (Å²) in [4.78, 5) is 30.9. The van der Waals surface area contributed by atoms with Crippen LogP contribution in [0.2, 0.25) is 0 Å². The quantitative estimate of drug-likeness (QED) is 0.809. The number of rotatable bonds is 6. The van der Waals surface area contributed by atoms with Crippen LogP contribution in [0.5, 0.6) is 0 Å². The molecule has 0 saturated carbocycles. The Balaban J connectivity index is 1.67. The standard InChI is InChI=1S/C19H26N4O2/c1-2-3-10-21-13-9-20-19(21)16-7-6-12-22(14-16)18(25)15-23-11-5-4-8-17(23)24/h4-5,8-9,11,13,16H,2-3,6-7,10,12,14-15H2,1H3. The van der Waals surface area contributed by atoms with Crippen molar-refractivity contribution in [1.29, 1.82) is 0 Å². The average Bonchev–Trinajstić information content (AvgIpc) is 3.10. The first-order valence-electron chi connectivity index (χ1n) is 9.13. The molecule has 1 unspecified atom stereocenters. The van der Waals surface area contributed by atoms with Crippen molar-refractivity contribution in [2.45, 2.75) is 51.6 Å². The molecule has 2 aromatic rings. The summed E-state index contributed by atoms with van der Waals surface area (Å²) in [5, 5.41) is 0. The molecule has 6 heteroatoms. The molecule has 25 heavy (non-hydrogen) atoms. The molecule has 0 spiro atoms. The molecular weight excluding hydrogens is 316 g/mol. The number of aromatic nitrogens is 3. The fraction of sp³-hybridized carbons (Fsp3) is 0.526. The molecule has 0 aliphatic carbocycles. The van der Waals surface area contributed by atoms with Gasteiger partial charge in [0.05, 0.1) is 0 Å². The van der Waals surface area contributed by atoms with Gasteiger partial charge in [0.15, 0.2) is 0 Å². The highest BCUT2D eigenvalue weighted by molar-refractivity contribution is 5.76. The van der Waals surface area contributed by atoms with E-state index in [0.29, 0.717) is 6.54 Å². The molecule has 0 radical (unpaired) electrons. The molecule has 134 valence electrons. The predicted octanol–water partition coefficient (Wildman–Crippen LogP) is 2.25. The van der Waals surface area contributed by atoms with Gasteiger partial charge in [-0.2, -0.15) is 0 Å². The summed E-state index contributed by atoms with van der Waals surface area (Å²) in [6.45, 7) is 4.71. The van der Waals surface area contributed by atoms with Crippen molar-refractivity contribution in [2.24, 2.45) is 0 Å². The monoisotopic (exact) mass is 342 g/mol. The van der Waals surface area contributed by atoms with E-state index < -0.39 is 0 Å². The number of likely N-dealkylation sites (tertiary alicyclic amines) is 1. The number of carbonyl (C=O) groups excluding carboxylic acids is 1. The maximum absolute atomic E-state index is 12.6. The molecule has 1 aliphatic heterocycles. The number of carbonyl (C=O) groups is 1. The fourth-order valence-corrected chi connectivity index (χ4v) is 3.45. The molecule has 0 bridgehead atoms. The molecule has 1 fully saturated rings. The van der Waals surface area contributed by atoms with Crippen molar-refractivity contribution >= 4 is 5.91 Å². The van der Waals surface area contributed by atoms with E-state index in [1.54, 1.807) is 18.3 Å². The van der Waals surface area contributed by atoms with Crippen molar-refractivity contribution in [3.8, 4) is 0 Å². The van der Waals surface area contributed by atoms with Crippen LogP contribution in [0.1, 0.15) is 44.3 Å². The van der Waals surface area contributed by atoms with Gasteiger partial charge in [0, 0.05) is 50.2 Å². The number of amides is 1. The smallest absolute Gasteiger partial charge is 0.250 e.